The van der Waals surface area contributed by atoms with Gasteiger partial charge in [0.2, 0.25) is 0 Å². The highest BCUT2D eigenvalue weighted by Crippen LogP contribution is 2.25. The Morgan fingerprint density at radius 2 is 1.80 bits per heavy atom. The average Bonchev–Trinajstić information content (AvgIpc) is 2.91. The van der Waals surface area contributed by atoms with E-state index in [1.165, 1.54) is 30.3 Å². The van der Waals surface area contributed by atoms with Crippen molar-refractivity contribution >= 4 is 5.69 Å². The number of benzene rings is 2. The van der Waals surface area contributed by atoms with E-state index in [2.05, 4.69) is 15.5 Å². The molecular formula is C13H9F2N5. The summed E-state index contributed by atoms with van der Waals surface area (Å²) in [5, 5.41) is 10.9. The molecule has 0 spiro atoms. The van der Waals surface area contributed by atoms with Crippen LogP contribution in [-0.2, 0) is 0 Å². The van der Waals surface area contributed by atoms with Crippen molar-refractivity contribution in [2.75, 3.05) is 5.73 Å². The molecule has 0 aliphatic rings. The molecule has 0 bridgehead atoms. The summed E-state index contributed by atoms with van der Waals surface area (Å²) in [5.74, 6) is -0.961. The van der Waals surface area contributed by atoms with Crippen LogP contribution in [0.3, 0.4) is 0 Å². The van der Waals surface area contributed by atoms with E-state index in [1.54, 1.807) is 12.1 Å². The van der Waals surface area contributed by atoms with Crippen LogP contribution in [0.15, 0.2) is 42.5 Å². The summed E-state index contributed by atoms with van der Waals surface area (Å²) in [5.41, 5.74) is 6.24. The van der Waals surface area contributed by atoms with Crippen molar-refractivity contribution in [1.82, 2.24) is 20.2 Å². The number of rotatable bonds is 2. The molecule has 0 atom stereocenters. The molecule has 0 unspecified atom stereocenters. The van der Waals surface area contributed by atoms with Gasteiger partial charge in [-0.25, -0.2) is 8.78 Å². The van der Waals surface area contributed by atoms with Crippen molar-refractivity contribution in [3.8, 4) is 17.1 Å². The lowest BCUT2D eigenvalue weighted by Gasteiger charge is -2.07. The van der Waals surface area contributed by atoms with Gasteiger partial charge < -0.3 is 5.73 Å². The van der Waals surface area contributed by atoms with Gasteiger partial charge in [-0.05, 0) is 40.8 Å². The van der Waals surface area contributed by atoms with E-state index in [4.69, 9.17) is 5.73 Å². The van der Waals surface area contributed by atoms with Gasteiger partial charge in [0.25, 0.3) is 0 Å². The van der Waals surface area contributed by atoms with Crippen LogP contribution < -0.4 is 5.73 Å². The van der Waals surface area contributed by atoms with E-state index >= 15 is 0 Å². The Morgan fingerprint density at radius 3 is 2.60 bits per heavy atom. The average molecular weight is 273 g/mol. The van der Waals surface area contributed by atoms with Gasteiger partial charge in [0.15, 0.2) is 5.82 Å². The Kier molecular flexibility index (Phi) is 2.86. The maximum atomic E-state index is 13.9. The lowest BCUT2D eigenvalue weighted by molar-refractivity contribution is 0.605. The summed E-state index contributed by atoms with van der Waals surface area (Å²) < 4.78 is 28.8. The molecular weight excluding hydrogens is 264 g/mol. The van der Waals surface area contributed by atoms with Crippen molar-refractivity contribution in [2.45, 2.75) is 0 Å². The molecule has 5 nitrogen and oxygen atoms in total. The van der Waals surface area contributed by atoms with Gasteiger partial charge in [-0.1, -0.05) is 12.1 Å². The molecule has 0 saturated carbocycles. The fourth-order valence-corrected chi connectivity index (χ4v) is 1.86. The van der Waals surface area contributed by atoms with E-state index in [0.29, 0.717) is 5.69 Å². The molecule has 3 rings (SSSR count). The largest absolute Gasteiger partial charge is 0.399 e. The highest BCUT2D eigenvalue weighted by Gasteiger charge is 2.17. The quantitative estimate of drug-likeness (QED) is 0.727. The Morgan fingerprint density at radius 1 is 1.00 bits per heavy atom. The highest BCUT2D eigenvalue weighted by atomic mass is 19.1. The third-order valence-electron chi connectivity index (χ3n) is 2.78. The highest BCUT2D eigenvalue weighted by molar-refractivity contribution is 5.63. The number of anilines is 1. The number of halogens is 2. The molecule has 3 aromatic rings. The predicted octanol–water partition coefficient (Wildman–Crippen LogP) is 2.19. The molecule has 0 aliphatic heterocycles. The van der Waals surface area contributed by atoms with Gasteiger partial charge in [0, 0.05) is 5.69 Å². The summed E-state index contributed by atoms with van der Waals surface area (Å²) in [6, 6.07) is 10.00. The van der Waals surface area contributed by atoms with Crippen molar-refractivity contribution in [1.29, 1.82) is 0 Å². The second-order valence-electron chi connectivity index (χ2n) is 4.10. The van der Waals surface area contributed by atoms with Crippen LogP contribution in [0, 0.1) is 11.6 Å². The zero-order chi connectivity index (χ0) is 14.1. The number of hydrogen-bond acceptors (Lipinski definition) is 4. The minimum Gasteiger partial charge on any atom is -0.399 e. The molecule has 20 heavy (non-hydrogen) atoms. The van der Waals surface area contributed by atoms with Gasteiger partial charge >= 0.3 is 0 Å². The predicted molar refractivity (Wildman–Crippen MR) is 68.9 cm³/mol. The first-order valence-electron chi connectivity index (χ1n) is 5.75. The smallest absolute Gasteiger partial charge is 0.190 e. The van der Waals surface area contributed by atoms with Crippen LogP contribution in [0.1, 0.15) is 0 Å². The number of para-hydroxylation sites is 1. The Balaban J connectivity index is 2.21. The van der Waals surface area contributed by atoms with Gasteiger partial charge in [-0.2, -0.15) is 4.68 Å². The van der Waals surface area contributed by atoms with Crippen molar-refractivity contribution in [3.63, 3.8) is 0 Å². The fraction of sp³-hybridized carbons (Fsp3) is 0. The molecule has 2 N–H and O–H groups in total. The normalized spacial score (nSPS) is 10.7. The molecule has 0 radical (unpaired) electrons. The monoisotopic (exact) mass is 273 g/mol. The van der Waals surface area contributed by atoms with Gasteiger partial charge in [-0.3, -0.25) is 0 Å². The van der Waals surface area contributed by atoms with E-state index in [-0.39, 0.29) is 17.1 Å². The molecule has 2 aromatic carbocycles. The Hall–Kier alpha value is -2.83. The summed E-state index contributed by atoms with van der Waals surface area (Å²) in [6.45, 7) is 0. The third kappa shape index (κ3) is 1.99. The van der Waals surface area contributed by atoms with Crippen LogP contribution in [0.4, 0.5) is 14.5 Å². The number of aromatic nitrogens is 4. The van der Waals surface area contributed by atoms with Crippen LogP contribution >= 0.6 is 0 Å². The van der Waals surface area contributed by atoms with E-state index in [0.717, 1.165) is 4.68 Å². The molecule has 7 heteroatoms. The first-order valence-corrected chi connectivity index (χ1v) is 5.75. The Bertz CT molecular complexity index is 769. The van der Waals surface area contributed by atoms with E-state index in [1.807, 2.05) is 0 Å². The van der Waals surface area contributed by atoms with Crippen LogP contribution in [0.5, 0.6) is 0 Å². The second kappa shape index (κ2) is 4.69. The number of nitrogens with zero attached hydrogens (tertiary/aromatic N) is 4. The van der Waals surface area contributed by atoms with Crippen LogP contribution in [0.2, 0.25) is 0 Å². The summed E-state index contributed by atoms with van der Waals surface area (Å²) in [6.07, 6.45) is 0. The molecule has 0 fully saturated rings. The minimum atomic E-state index is -0.536. The van der Waals surface area contributed by atoms with Crippen LogP contribution in [-0.4, -0.2) is 20.2 Å². The summed E-state index contributed by atoms with van der Waals surface area (Å²) in [7, 11) is 0. The maximum Gasteiger partial charge on any atom is 0.190 e. The van der Waals surface area contributed by atoms with Gasteiger partial charge in [0.05, 0.1) is 5.56 Å². The van der Waals surface area contributed by atoms with Crippen LogP contribution in [0.25, 0.3) is 17.1 Å². The topological polar surface area (TPSA) is 69.6 Å². The zero-order valence-electron chi connectivity index (χ0n) is 10.2. The number of tetrazole rings is 1. The number of nitrogen functional groups attached to an aromatic ring is 1. The molecule has 1 aromatic heterocycles. The van der Waals surface area contributed by atoms with E-state index in [9.17, 15) is 8.78 Å². The number of hydrogen-bond donors (Lipinski definition) is 1. The molecule has 1 heterocycles. The molecule has 0 saturated heterocycles. The number of nitrogens with two attached hydrogens (primary N) is 1. The Labute approximate surface area is 112 Å². The summed E-state index contributed by atoms with van der Waals surface area (Å²) in [4.78, 5) is 0. The fourth-order valence-electron chi connectivity index (χ4n) is 1.86. The van der Waals surface area contributed by atoms with Crippen molar-refractivity contribution in [2.24, 2.45) is 0 Å². The standard InChI is InChI=1S/C13H9F2N5/c14-10-6-5-8(16)7-9(10)13-17-18-19-20(13)12-4-2-1-3-11(12)15/h1-7H,16H2. The molecule has 0 aliphatic carbocycles. The first kappa shape index (κ1) is 12.2. The second-order valence-corrected chi connectivity index (χ2v) is 4.10. The molecule has 100 valence electrons. The lowest BCUT2D eigenvalue weighted by Crippen LogP contribution is -2.03. The minimum absolute atomic E-state index is 0.0832. The van der Waals surface area contributed by atoms with E-state index < -0.39 is 11.6 Å². The molecule has 0 amide bonds. The third-order valence-corrected chi connectivity index (χ3v) is 2.78. The van der Waals surface area contributed by atoms with Gasteiger partial charge in [-0.15, -0.1) is 5.10 Å². The van der Waals surface area contributed by atoms with Gasteiger partial charge in [0.1, 0.15) is 17.3 Å². The first-order chi connectivity index (χ1) is 9.66. The summed E-state index contributed by atoms with van der Waals surface area (Å²) >= 11 is 0. The van der Waals surface area contributed by atoms with Crippen molar-refractivity contribution in [3.05, 3.63) is 54.1 Å². The lowest BCUT2D eigenvalue weighted by atomic mass is 10.1. The zero-order valence-corrected chi connectivity index (χ0v) is 10.2. The SMILES string of the molecule is Nc1ccc(F)c(-c2nnnn2-c2ccccc2F)c1. The van der Waals surface area contributed by atoms with Crippen molar-refractivity contribution < 1.29 is 8.78 Å². The maximum absolute atomic E-state index is 13.9.